The van der Waals surface area contributed by atoms with Gasteiger partial charge in [0.2, 0.25) is 5.91 Å². The summed E-state index contributed by atoms with van der Waals surface area (Å²) < 4.78 is 1.83. The van der Waals surface area contributed by atoms with Crippen LogP contribution in [0.25, 0.3) is 0 Å². The first-order valence-electron chi connectivity index (χ1n) is 5.84. The van der Waals surface area contributed by atoms with Crippen LogP contribution in [0.2, 0.25) is 0 Å². The van der Waals surface area contributed by atoms with E-state index in [1.165, 1.54) is 0 Å². The molecule has 1 atom stereocenters. The second-order valence-electron chi connectivity index (χ2n) is 4.69. The third-order valence-corrected chi connectivity index (χ3v) is 2.96. The molecule has 1 aromatic heterocycles. The molecule has 1 aromatic rings. The van der Waals surface area contributed by atoms with E-state index in [2.05, 4.69) is 10.3 Å². The molecule has 1 aliphatic rings. The van der Waals surface area contributed by atoms with Crippen LogP contribution in [0.5, 0.6) is 0 Å². The fourth-order valence-electron chi connectivity index (χ4n) is 2.06. The Morgan fingerprint density at radius 1 is 1.53 bits per heavy atom. The predicted octanol–water partition coefficient (Wildman–Crippen LogP) is -0.968. The molecule has 1 amide bonds. The van der Waals surface area contributed by atoms with E-state index in [0.717, 1.165) is 26.2 Å². The van der Waals surface area contributed by atoms with Crippen LogP contribution < -0.4 is 11.1 Å². The van der Waals surface area contributed by atoms with Crippen molar-refractivity contribution in [2.75, 3.05) is 26.2 Å². The maximum absolute atomic E-state index is 12.3. The zero-order valence-electron chi connectivity index (χ0n) is 10.1. The Morgan fingerprint density at radius 3 is 2.82 bits per heavy atom. The summed E-state index contributed by atoms with van der Waals surface area (Å²) in [6.07, 6.45) is 5.18. The molecule has 6 heteroatoms. The molecule has 0 spiro atoms. The maximum atomic E-state index is 12.3. The minimum Gasteiger partial charge on any atom is -0.339 e. The number of nitrogens with one attached hydrogen (secondary N) is 1. The molecule has 1 fully saturated rings. The summed E-state index contributed by atoms with van der Waals surface area (Å²) in [5.41, 5.74) is 5.25. The Kier molecular flexibility index (Phi) is 3.44. The smallest absolute Gasteiger partial charge is 0.244 e. The number of nitrogens with zero attached hydrogens (tertiary/aromatic N) is 3. The monoisotopic (exact) mass is 237 g/mol. The van der Waals surface area contributed by atoms with Gasteiger partial charge in [0.05, 0.1) is 12.9 Å². The number of carbonyl (C=O) groups excluding carboxylic acids is 1. The van der Waals surface area contributed by atoms with Gasteiger partial charge in [-0.3, -0.25) is 4.79 Å². The SMILES string of the molecule is CC(N)(Cn1ccnc1)C(=O)N1CCNCC1. The van der Waals surface area contributed by atoms with E-state index < -0.39 is 5.54 Å². The molecule has 1 saturated heterocycles. The summed E-state index contributed by atoms with van der Waals surface area (Å²) >= 11 is 0. The lowest BCUT2D eigenvalue weighted by atomic mass is 10.0. The van der Waals surface area contributed by atoms with Crippen LogP contribution in [0.3, 0.4) is 0 Å². The number of amides is 1. The van der Waals surface area contributed by atoms with Crippen LogP contribution in [-0.4, -0.2) is 52.1 Å². The molecule has 0 radical (unpaired) electrons. The van der Waals surface area contributed by atoms with Gasteiger partial charge in [0, 0.05) is 38.6 Å². The van der Waals surface area contributed by atoms with Crippen molar-refractivity contribution in [2.24, 2.45) is 5.73 Å². The standard InChI is InChI=1S/C11H19N5O/c1-11(12,8-15-5-2-14-9-15)10(17)16-6-3-13-4-7-16/h2,5,9,13H,3-4,6-8,12H2,1H3. The molecule has 0 aromatic carbocycles. The van der Waals surface area contributed by atoms with Crippen molar-refractivity contribution in [3.8, 4) is 0 Å². The Morgan fingerprint density at radius 2 is 2.24 bits per heavy atom. The highest BCUT2D eigenvalue weighted by atomic mass is 16.2. The number of imidazole rings is 1. The largest absolute Gasteiger partial charge is 0.339 e. The van der Waals surface area contributed by atoms with Crippen LogP contribution >= 0.6 is 0 Å². The third kappa shape index (κ3) is 2.83. The van der Waals surface area contributed by atoms with E-state index in [-0.39, 0.29) is 5.91 Å². The topological polar surface area (TPSA) is 76.2 Å². The zero-order chi connectivity index (χ0) is 12.3. The molecule has 2 heterocycles. The van der Waals surface area contributed by atoms with Gasteiger partial charge in [-0.05, 0) is 6.92 Å². The van der Waals surface area contributed by atoms with Crippen molar-refractivity contribution in [1.82, 2.24) is 19.8 Å². The Hall–Kier alpha value is -1.40. The molecule has 3 N–H and O–H groups in total. The van der Waals surface area contributed by atoms with Gasteiger partial charge in [0.15, 0.2) is 0 Å². The van der Waals surface area contributed by atoms with Crippen LogP contribution in [0, 0.1) is 0 Å². The molecule has 17 heavy (non-hydrogen) atoms. The third-order valence-electron chi connectivity index (χ3n) is 2.96. The number of piperazine rings is 1. The minimum absolute atomic E-state index is 0.00713. The first-order chi connectivity index (χ1) is 8.09. The number of hydrogen-bond acceptors (Lipinski definition) is 4. The van der Waals surface area contributed by atoms with E-state index in [4.69, 9.17) is 5.73 Å². The highest BCUT2D eigenvalue weighted by molar-refractivity contribution is 5.85. The highest BCUT2D eigenvalue weighted by Gasteiger charge is 2.33. The van der Waals surface area contributed by atoms with Crippen molar-refractivity contribution >= 4 is 5.91 Å². The van der Waals surface area contributed by atoms with Gasteiger partial charge in [-0.2, -0.15) is 0 Å². The summed E-state index contributed by atoms with van der Waals surface area (Å²) in [5, 5.41) is 3.22. The molecule has 6 nitrogen and oxygen atoms in total. The Labute approximate surface area is 101 Å². The summed E-state index contributed by atoms with van der Waals surface area (Å²) in [6.45, 7) is 5.37. The van der Waals surface area contributed by atoms with Gasteiger partial charge in [-0.1, -0.05) is 0 Å². The number of carbonyl (C=O) groups is 1. The summed E-state index contributed by atoms with van der Waals surface area (Å²) in [6, 6.07) is 0. The number of nitrogens with two attached hydrogens (primary N) is 1. The molecule has 94 valence electrons. The summed E-state index contributed by atoms with van der Waals surface area (Å²) in [4.78, 5) is 18.1. The van der Waals surface area contributed by atoms with E-state index in [9.17, 15) is 4.79 Å². The van der Waals surface area contributed by atoms with Gasteiger partial charge in [0.1, 0.15) is 5.54 Å². The van der Waals surface area contributed by atoms with E-state index in [0.29, 0.717) is 6.54 Å². The van der Waals surface area contributed by atoms with Gasteiger partial charge in [0.25, 0.3) is 0 Å². The zero-order valence-corrected chi connectivity index (χ0v) is 10.1. The highest BCUT2D eigenvalue weighted by Crippen LogP contribution is 2.09. The molecule has 0 saturated carbocycles. The van der Waals surface area contributed by atoms with Crippen molar-refractivity contribution in [3.05, 3.63) is 18.7 Å². The average molecular weight is 237 g/mol. The quantitative estimate of drug-likeness (QED) is 0.709. The van der Waals surface area contributed by atoms with Crippen molar-refractivity contribution in [2.45, 2.75) is 19.0 Å². The molecule has 0 aliphatic carbocycles. The van der Waals surface area contributed by atoms with E-state index in [1.807, 2.05) is 15.7 Å². The number of rotatable bonds is 3. The van der Waals surface area contributed by atoms with E-state index >= 15 is 0 Å². The lowest BCUT2D eigenvalue weighted by molar-refractivity contribution is -0.137. The summed E-state index contributed by atoms with van der Waals surface area (Å²) in [5.74, 6) is 0.00713. The lowest BCUT2D eigenvalue weighted by Crippen LogP contribution is -2.59. The molecule has 0 bridgehead atoms. The maximum Gasteiger partial charge on any atom is 0.244 e. The number of hydrogen-bond donors (Lipinski definition) is 2. The Bertz CT molecular complexity index is 367. The van der Waals surface area contributed by atoms with Gasteiger partial charge in [-0.15, -0.1) is 0 Å². The Balaban J connectivity index is 2.00. The predicted molar refractivity (Wildman–Crippen MR) is 64.3 cm³/mol. The van der Waals surface area contributed by atoms with Crippen LogP contribution in [0.15, 0.2) is 18.7 Å². The second kappa shape index (κ2) is 4.85. The molecular weight excluding hydrogens is 218 g/mol. The average Bonchev–Trinajstić information content (AvgIpc) is 2.81. The normalized spacial score (nSPS) is 20.0. The fourth-order valence-corrected chi connectivity index (χ4v) is 2.06. The molecule has 2 rings (SSSR count). The molecule has 1 unspecified atom stereocenters. The van der Waals surface area contributed by atoms with Crippen LogP contribution in [0.4, 0.5) is 0 Å². The minimum atomic E-state index is -0.877. The van der Waals surface area contributed by atoms with Gasteiger partial charge >= 0.3 is 0 Å². The van der Waals surface area contributed by atoms with Crippen LogP contribution in [0.1, 0.15) is 6.92 Å². The van der Waals surface area contributed by atoms with Crippen LogP contribution in [-0.2, 0) is 11.3 Å². The first-order valence-corrected chi connectivity index (χ1v) is 5.84. The first kappa shape index (κ1) is 12.1. The fraction of sp³-hybridized carbons (Fsp3) is 0.636. The number of aromatic nitrogens is 2. The van der Waals surface area contributed by atoms with E-state index in [1.54, 1.807) is 19.4 Å². The second-order valence-corrected chi connectivity index (χ2v) is 4.69. The summed E-state index contributed by atoms with van der Waals surface area (Å²) in [7, 11) is 0. The van der Waals surface area contributed by atoms with Crippen molar-refractivity contribution in [1.29, 1.82) is 0 Å². The van der Waals surface area contributed by atoms with Crippen molar-refractivity contribution < 1.29 is 4.79 Å². The van der Waals surface area contributed by atoms with Gasteiger partial charge < -0.3 is 20.5 Å². The molecule has 1 aliphatic heterocycles. The lowest BCUT2D eigenvalue weighted by Gasteiger charge is -2.34. The van der Waals surface area contributed by atoms with Gasteiger partial charge in [-0.25, -0.2) is 4.98 Å². The van der Waals surface area contributed by atoms with Crippen molar-refractivity contribution in [3.63, 3.8) is 0 Å². The molecular formula is C11H19N5O.